The summed E-state index contributed by atoms with van der Waals surface area (Å²) in [6.45, 7) is 3.77. The van der Waals surface area contributed by atoms with Gasteiger partial charge in [0.15, 0.2) is 11.5 Å². The average molecular weight is 378 g/mol. The molecule has 144 valence electrons. The van der Waals surface area contributed by atoms with Crippen LogP contribution in [0.4, 0.5) is 5.82 Å². The van der Waals surface area contributed by atoms with Crippen molar-refractivity contribution in [2.24, 2.45) is 5.92 Å². The third kappa shape index (κ3) is 3.31. The minimum absolute atomic E-state index is 0.0440. The zero-order valence-electron chi connectivity index (χ0n) is 15.9. The molecule has 1 aliphatic heterocycles. The molecule has 0 unspecified atom stereocenters. The van der Waals surface area contributed by atoms with Crippen molar-refractivity contribution in [1.82, 2.24) is 24.3 Å². The quantitative estimate of drug-likeness (QED) is 0.732. The van der Waals surface area contributed by atoms with Gasteiger partial charge in [0.05, 0.1) is 24.3 Å². The number of carbonyl (C=O) groups excluding carboxylic acids is 1. The van der Waals surface area contributed by atoms with Crippen molar-refractivity contribution in [2.75, 3.05) is 25.5 Å². The molecule has 0 spiro atoms. The molecule has 5 rings (SSSR count). The van der Waals surface area contributed by atoms with Crippen LogP contribution in [0, 0.1) is 12.8 Å². The Morgan fingerprint density at radius 1 is 1.21 bits per heavy atom. The molecule has 2 aliphatic rings. The summed E-state index contributed by atoms with van der Waals surface area (Å²) in [4.78, 5) is 27.6. The SMILES string of the molecule is Cc1cc(-c2cn3cc(NC(=O)C4CC4)nc3cn2)c(OC2CN(C)C2)cn1. The minimum Gasteiger partial charge on any atom is -0.485 e. The number of aryl methyl sites for hydroxylation is 1. The zero-order chi connectivity index (χ0) is 19.3. The van der Waals surface area contributed by atoms with Gasteiger partial charge in [0.1, 0.15) is 11.9 Å². The van der Waals surface area contributed by atoms with Gasteiger partial charge < -0.3 is 14.5 Å². The number of ether oxygens (including phenoxy) is 1. The Kier molecular flexibility index (Phi) is 4.01. The van der Waals surface area contributed by atoms with Gasteiger partial charge >= 0.3 is 0 Å². The second kappa shape index (κ2) is 6.56. The van der Waals surface area contributed by atoms with Crippen molar-refractivity contribution in [3.8, 4) is 17.0 Å². The second-order valence-electron chi connectivity index (χ2n) is 7.71. The molecule has 3 aromatic heterocycles. The Balaban J connectivity index is 1.45. The van der Waals surface area contributed by atoms with Gasteiger partial charge in [0, 0.05) is 36.5 Å². The predicted octanol–water partition coefficient (Wildman–Crippen LogP) is 2.14. The first kappa shape index (κ1) is 17.1. The Morgan fingerprint density at radius 2 is 2.04 bits per heavy atom. The summed E-state index contributed by atoms with van der Waals surface area (Å²) < 4.78 is 8.01. The van der Waals surface area contributed by atoms with E-state index in [4.69, 9.17) is 4.74 Å². The first-order chi connectivity index (χ1) is 13.5. The highest BCUT2D eigenvalue weighted by Gasteiger charge is 2.30. The molecule has 8 nitrogen and oxygen atoms in total. The van der Waals surface area contributed by atoms with Crippen LogP contribution < -0.4 is 10.1 Å². The molecule has 4 heterocycles. The molecule has 28 heavy (non-hydrogen) atoms. The molecule has 1 saturated carbocycles. The number of aromatic nitrogens is 4. The number of likely N-dealkylation sites (tertiary alicyclic amines) is 1. The summed E-state index contributed by atoms with van der Waals surface area (Å²) in [5, 5.41) is 2.88. The Labute approximate surface area is 162 Å². The number of amides is 1. The fourth-order valence-electron chi connectivity index (χ4n) is 3.41. The summed E-state index contributed by atoms with van der Waals surface area (Å²) in [6, 6.07) is 1.98. The molecule has 1 N–H and O–H groups in total. The summed E-state index contributed by atoms with van der Waals surface area (Å²) in [5.41, 5.74) is 3.26. The van der Waals surface area contributed by atoms with Crippen molar-refractivity contribution in [1.29, 1.82) is 0 Å². The van der Waals surface area contributed by atoms with E-state index < -0.39 is 0 Å². The number of anilines is 1. The van der Waals surface area contributed by atoms with E-state index in [-0.39, 0.29) is 17.9 Å². The fourth-order valence-corrected chi connectivity index (χ4v) is 3.41. The normalized spacial score (nSPS) is 17.5. The van der Waals surface area contributed by atoms with Gasteiger partial charge in [-0.2, -0.15) is 0 Å². The maximum Gasteiger partial charge on any atom is 0.228 e. The third-order valence-electron chi connectivity index (χ3n) is 5.15. The van der Waals surface area contributed by atoms with Crippen molar-refractivity contribution >= 4 is 17.4 Å². The van der Waals surface area contributed by atoms with E-state index in [9.17, 15) is 4.79 Å². The summed E-state index contributed by atoms with van der Waals surface area (Å²) in [6.07, 6.45) is 9.30. The smallest absolute Gasteiger partial charge is 0.228 e. The van der Waals surface area contributed by atoms with Crippen molar-refractivity contribution in [3.63, 3.8) is 0 Å². The van der Waals surface area contributed by atoms with E-state index in [1.165, 1.54) is 0 Å². The number of nitrogens with one attached hydrogen (secondary N) is 1. The van der Waals surface area contributed by atoms with Crippen LogP contribution in [-0.4, -0.2) is 56.4 Å². The number of hydrogen-bond donors (Lipinski definition) is 1. The van der Waals surface area contributed by atoms with Crippen molar-refractivity contribution in [2.45, 2.75) is 25.9 Å². The lowest BCUT2D eigenvalue weighted by Crippen LogP contribution is -2.51. The Hall–Kier alpha value is -3.00. The van der Waals surface area contributed by atoms with Crippen LogP contribution >= 0.6 is 0 Å². The lowest BCUT2D eigenvalue weighted by Gasteiger charge is -2.36. The predicted molar refractivity (Wildman–Crippen MR) is 104 cm³/mol. The van der Waals surface area contributed by atoms with Crippen LogP contribution in [-0.2, 0) is 4.79 Å². The van der Waals surface area contributed by atoms with Crippen LogP contribution in [0.25, 0.3) is 16.9 Å². The van der Waals surface area contributed by atoms with E-state index in [1.807, 2.05) is 29.8 Å². The standard InChI is InChI=1S/C20H22N6O2/c1-12-5-15(17(6-21-12)28-14-8-25(2)9-14)16-10-26-11-18(23-19(26)7-22-16)24-20(27)13-3-4-13/h5-7,10-11,13-14H,3-4,8-9H2,1-2H3,(H,24,27). The number of likely N-dealkylation sites (N-methyl/N-ethyl adjacent to an activating group) is 1. The van der Waals surface area contributed by atoms with Gasteiger partial charge in [-0.1, -0.05) is 0 Å². The molecule has 0 aromatic carbocycles. The first-order valence-electron chi connectivity index (χ1n) is 9.53. The highest BCUT2D eigenvalue weighted by Crippen LogP contribution is 2.32. The van der Waals surface area contributed by atoms with Gasteiger partial charge in [-0.15, -0.1) is 0 Å². The molecule has 2 fully saturated rings. The maximum atomic E-state index is 12.0. The van der Waals surface area contributed by atoms with Crippen LogP contribution in [0.5, 0.6) is 5.75 Å². The van der Waals surface area contributed by atoms with E-state index >= 15 is 0 Å². The molecular formula is C20H22N6O2. The average Bonchev–Trinajstić information content (AvgIpc) is 3.42. The molecule has 8 heteroatoms. The van der Waals surface area contributed by atoms with E-state index in [1.54, 1.807) is 12.4 Å². The maximum absolute atomic E-state index is 12.0. The van der Waals surface area contributed by atoms with Crippen LogP contribution in [0.3, 0.4) is 0 Å². The zero-order valence-corrected chi connectivity index (χ0v) is 15.9. The van der Waals surface area contributed by atoms with E-state index in [0.717, 1.165) is 48.6 Å². The van der Waals surface area contributed by atoms with Crippen LogP contribution in [0.15, 0.2) is 30.9 Å². The summed E-state index contributed by atoms with van der Waals surface area (Å²) in [5.74, 6) is 1.47. The first-order valence-corrected chi connectivity index (χ1v) is 9.53. The van der Waals surface area contributed by atoms with Gasteiger partial charge in [-0.3, -0.25) is 19.7 Å². The van der Waals surface area contributed by atoms with Gasteiger partial charge in [0.2, 0.25) is 5.91 Å². The molecular weight excluding hydrogens is 356 g/mol. The minimum atomic E-state index is 0.0440. The molecule has 1 aliphatic carbocycles. The molecule has 1 amide bonds. The summed E-state index contributed by atoms with van der Waals surface area (Å²) in [7, 11) is 2.07. The van der Waals surface area contributed by atoms with Crippen molar-refractivity contribution < 1.29 is 9.53 Å². The van der Waals surface area contributed by atoms with Gasteiger partial charge in [-0.25, -0.2) is 4.98 Å². The highest BCUT2D eigenvalue weighted by molar-refractivity contribution is 5.93. The number of hydrogen-bond acceptors (Lipinski definition) is 6. The third-order valence-corrected chi connectivity index (χ3v) is 5.15. The summed E-state index contributed by atoms with van der Waals surface area (Å²) >= 11 is 0. The molecule has 0 atom stereocenters. The topological polar surface area (TPSA) is 84.6 Å². The number of imidazole rings is 1. The molecule has 0 radical (unpaired) electrons. The molecule has 1 saturated heterocycles. The largest absolute Gasteiger partial charge is 0.485 e. The number of fused-ring (bicyclic) bond motifs is 1. The van der Waals surface area contributed by atoms with E-state index in [0.29, 0.717) is 11.5 Å². The highest BCUT2D eigenvalue weighted by atomic mass is 16.5. The Morgan fingerprint density at radius 3 is 2.79 bits per heavy atom. The van der Waals surface area contributed by atoms with Gasteiger partial charge in [0.25, 0.3) is 0 Å². The molecule has 0 bridgehead atoms. The number of carbonyl (C=O) groups is 1. The number of nitrogens with zero attached hydrogens (tertiary/aromatic N) is 5. The Bertz CT molecular complexity index is 1050. The van der Waals surface area contributed by atoms with Crippen LogP contribution in [0.1, 0.15) is 18.5 Å². The lowest BCUT2D eigenvalue weighted by atomic mass is 10.1. The fraction of sp³-hybridized carbons (Fsp3) is 0.400. The molecule has 3 aromatic rings. The monoisotopic (exact) mass is 378 g/mol. The number of pyridine rings is 1. The lowest BCUT2D eigenvalue weighted by molar-refractivity contribution is -0.117. The van der Waals surface area contributed by atoms with E-state index in [2.05, 4.69) is 32.2 Å². The van der Waals surface area contributed by atoms with Gasteiger partial charge in [-0.05, 0) is 32.9 Å². The van der Waals surface area contributed by atoms with Crippen molar-refractivity contribution in [3.05, 3.63) is 36.5 Å². The van der Waals surface area contributed by atoms with Crippen LogP contribution in [0.2, 0.25) is 0 Å². The number of rotatable bonds is 5. The second-order valence-corrected chi connectivity index (χ2v) is 7.71.